The van der Waals surface area contributed by atoms with E-state index in [-0.39, 0.29) is 30.6 Å². The lowest BCUT2D eigenvalue weighted by Gasteiger charge is -2.37. The highest BCUT2D eigenvalue weighted by Crippen LogP contribution is 2.35. The van der Waals surface area contributed by atoms with Crippen LogP contribution in [0.15, 0.2) is 35.7 Å². The fraction of sp³-hybridized carbons (Fsp3) is 0.478. The highest BCUT2D eigenvalue weighted by molar-refractivity contribution is 7.10. The van der Waals surface area contributed by atoms with Crippen LogP contribution in [0.4, 0.5) is 4.79 Å². The second-order valence-electron chi connectivity index (χ2n) is 8.01. The summed E-state index contributed by atoms with van der Waals surface area (Å²) in [6.07, 6.45) is 3.63. The van der Waals surface area contributed by atoms with E-state index in [1.165, 1.54) is 4.88 Å². The summed E-state index contributed by atoms with van der Waals surface area (Å²) in [6.45, 7) is 3.75. The second-order valence-corrected chi connectivity index (χ2v) is 9.45. The molecule has 1 N–H and O–H groups in total. The molecule has 0 radical (unpaired) electrons. The van der Waals surface area contributed by atoms with E-state index in [2.05, 4.69) is 16.8 Å². The molecule has 6 nitrogen and oxygen atoms in total. The number of carbonyl (C=O) groups excluding carboxylic acids is 2. The molecule has 31 heavy (non-hydrogen) atoms. The molecule has 1 fully saturated rings. The Morgan fingerprint density at radius 2 is 2.03 bits per heavy atom. The van der Waals surface area contributed by atoms with Crippen LogP contribution in [0.2, 0.25) is 5.02 Å². The molecule has 8 heteroatoms. The maximum Gasteiger partial charge on any atom is 0.318 e. The molecule has 1 aromatic carbocycles. The van der Waals surface area contributed by atoms with Crippen molar-refractivity contribution >= 4 is 34.9 Å². The van der Waals surface area contributed by atoms with Gasteiger partial charge in [-0.2, -0.15) is 0 Å². The molecule has 2 aromatic rings. The quantitative estimate of drug-likeness (QED) is 0.630. The number of carbonyl (C=O) groups is 2. The first-order valence-corrected chi connectivity index (χ1v) is 12.1. The zero-order valence-corrected chi connectivity index (χ0v) is 19.3. The van der Waals surface area contributed by atoms with Crippen LogP contribution in [0.5, 0.6) is 5.75 Å². The molecule has 1 aliphatic heterocycles. The normalized spacial score (nSPS) is 17.7. The highest BCUT2D eigenvalue weighted by atomic mass is 35.5. The Hall–Kier alpha value is -2.25. The molecule has 3 amide bonds. The van der Waals surface area contributed by atoms with Crippen LogP contribution in [-0.4, -0.2) is 54.0 Å². The summed E-state index contributed by atoms with van der Waals surface area (Å²) in [7, 11) is 0. The molecule has 0 saturated heterocycles. The van der Waals surface area contributed by atoms with Gasteiger partial charge < -0.3 is 19.9 Å². The summed E-state index contributed by atoms with van der Waals surface area (Å²) in [4.78, 5) is 30.8. The molecule has 166 valence electrons. The third-order valence-corrected chi connectivity index (χ3v) is 6.97. The van der Waals surface area contributed by atoms with Crippen molar-refractivity contribution in [1.29, 1.82) is 0 Å². The third-order valence-electron chi connectivity index (χ3n) is 5.72. The van der Waals surface area contributed by atoms with Gasteiger partial charge in [-0.15, -0.1) is 11.3 Å². The Labute approximate surface area is 192 Å². The molecule has 2 heterocycles. The second kappa shape index (κ2) is 9.92. The first-order valence-electron chi connectivity index (χ1n) is 10.9. The van der Waals surface area contributed by atoms with E-state index in [0.717, 1.165) is 37.0 Å². The Morgan fingerprint density at radius 1 is 1.26 bits per heavy atom. The SMILES string of the molecule is CCCNC(=O)N(CC(=O)N1CCc2sccc2[C@H]1COc1ccc(Cl)cc1)C1CC1. The Morgan fingerprint density at radius 3 is 2.74 bits per heavy atom. The minimum absolute atomic E-state index is 0.0277. The summed E-state index contributed by atoms with van der Waals surface area (Å²) in [5.41, 5.74) is 1.15. The molecule has 0 bridgehead atoms. The minimum atomic E-state index is -0.169. The first-order chi connectivity index (χ1) is 15.1. The lowest BCUT2D eigenvalue weighted by atomic mass is 10.0. The van der Waals surface area contributed by atoms with E-state index in [4.69, 9.17) is 16.3 Å². The number of ether oxygens (including phenoxy) is 1. The smallest absolute Gasteiger partial charge is 0.318 e. The van der Waals surface area contributed by atoms with Gasteiger partial charge in [-0.05, 0) is 67.0 Å². The fourth-order valence-corrected chi connectivity index (χ4v) is 4.96. The van der Waals surface area contributed by atoms with Crippen molar-refractivity contribution in [2.24, 2.45) is 0 Å². The number of urea groups is 1. The van der Waals surface area contributed by atoms with Gasteiger partial charge in [0.15, 0.2) is 0 Å². The number of halogens is 1. The van der Waals surface area contributed by atoms with E-state index in [1.54, 1.807) is 28.4 Å². The van der Waals surface area contributed by atoms with E-state index >= 15 is 0 Å². The van der Waals surface area contributed by atoms with Crippen LogP contribution in [0.1, 0.15) is 42.7 Å². The number of nitrogens with one attached hydrogen (secondary N) is 1. The maximum absolute atomic E-state index is 13.4. The zero-order valence-electron chi connectivity index (χ0n) is 17.7. The van der Waals surface area contributed by atoms with Gasteiger partial charge in [-0.1, -0.05) is 18.5 Å². The molecule has 1 atom stereocenters. The average molecular weight is 462 g/mol. The average Bonchev–Trinajstić information content (AvgIpc) is 3.50. The van der Waals surface area contributed by atoms with Gasteiger partial charge in [0.1, 0.15) is 18.9 Å². The largest absolute Gasteiger partial charge is 0.491 e. The highest BCUT2D eigenvalue weighted by Gasteiger charge is 2.37. The number of amides is 3. The van der Waals surface area contributed by atoms with Crippen LogP contribution in [0.3, 0.4) is 0 Å². The molecule has 0 spiro atoms. The lowest BCUT2D eigenvalue weighted by Crippen LogP contribution is -2.50. The zero-order chi connectivity index (χ0) is 21.8. The Bertz CT molecular complexity index is 913. The summed E-state index contributed by atoms with van der Waals surface area (Å²) in [6, 6.07) is 9.20. The van der Waals surface area contributed by atoms with Gasteiger partial charge in [-0.3, -0.25) is 4.79 Å². The molecule has 1 aromatic heterocycles. The minimum Gasteiger partial charge on any atom is -0.491 e. The molecule has 4 rings (SSSR count). The molecule has 0 unspecified atom stereocenters. The van der Waals surface area contributed by atoms with Gasteiger partial charge in [0, 0.05) is 29.0 Å². The van der Waals surface area contributed by atoms with Crippen molar-refractivity contribution in [2.45, 2.75) is 44.7 Å². The van der Waals surface area contributed by atoms with E-state index in [1.807, 2.05) is 24.0 Å². The Kier molecular flexibility index (Phi) is 7.02. The molecule has 1 aliphatic carbocycles. The van der Waals surface area contributed by atoms with Crippen LogP contribution in [0, 0.1) is 0 Å². The van der Waals surface area contributed by atoms with Crippen LogP contribution in [-0.2, 0) is 11.2 Å². The molecular formula is C23H28ClN3O3S. The predicted octanol–water partition coefficient (Wildman–Crippen LogP) is 4.49. The number of rotatable bonds is 8. The predicted molar refractivity (Wildman–Crippen MR) is 123 cm³/mol. The lowest BCUT2D eigenvalue weighted by molar-refractivity contribution is -0.135. The van der Waals surface area contributed by atoms with Crippen LogP contribution < -0.4 is 10.1 Å². The topological polar surface area (TPSA) is 61.9 Å². The van der Waals surface area contributed by atoms with Gasteiger partial charge in [0.05, 0.1) is 6.04 Å². The summed E-state index contributed by atoms with van der Waals surface area (Å²) in [5.74, 6) is 0.692. The number of thiophene rings is 1. The maximum atomic E-state index is 13.4. The van der Waals surface area contributed by atoms with Crippen molar-refractivity contribution in [1.82, 2.24) is 15.1 Å². The van der Waals surface area contributed by atoms with Crippen LogP contribution >= 0.6 is 22.9 Å². The van der Waals surface area contributed by atoms with Crippen molar-refractivity contribution < 1.29 is 14.3 Å². The molecule has 1 saturated carbocycles. The van der Waals surface area contributed by atoms with Gasteiger partial charge in [0.25, 0.3) is 0 Å². The standard InChI is InChI=1S/C23H28ClN3O3S/c1-2-11-25-23(29)27(17-5-6-17)14-22(28)26-12-9-21-19(10-13-31-21)20(26)15-30-18-7-3-16(24)4-8-18/h3-4,7-8,10,13,17,20H,2,5-6,9,11-12,14-15H2,1H3,(H,25,29)/t20-/m1/s1. The van der Waals surface area contributed by atoms with Crippen LogP contribution in [0.25, 0.3) is 0 Å². The number of fused-ring (bicyclic) bond motifs is 1. The van der Waals surface area contributed by atoms with Gasteiger partial charge in [0.2, 0.25) is 5.91 Å². The first kappa shape index (κ1) is 22.0. The third kappa shape index (κ3) is 5.33. The van der Waals surface area contributed by atoms with Crippen molar-refractivity contribution in [3.63, 3.8) is 0 Å². The van der Waals surface area contributed by atoms with Crippen molar-refractivity contribution in [3.8, 4) is 5.75 Å². The summed E-state index contributed by atoms with van der Waals surface area (Å²) < 4.78 is 6.03. The van der Waals surface area contributed by atoms with Crippen molar-refractivity contribution in [2.75, 3.05) is 26.2 Å². The van der Waals surface area contributed by atoms with E-state index in [9.17, 15) is 9.59 Å². The van der Waals surface area contributed by atoms with Gasteiger partial charge >= 0.3 is 6.03 Å². The molecular weight excluding hydrogens is 434 g/mol. The fourth-order valence-electron chi connectivity index (χ4n) is 3.90. The number of nitrogens with zero attached hydrogens (tertiary/aromatic N) is 2. The number of hydrogen-bond donors (Lipinski definition) is 1. The summed E-state index contributed by atoms with van der Waals surface area (Å²) in [5, 5.41) is 5.65. The number of hydrogen-bond acceptors (Lipinski definition) is 4. The van der Waals surface area contributed by atoms with E-state index in [0.29, 0.717) is 24.7 Å². The van der Waals surface area contributed by atoms with E-state index < -0.39 is 0 Å². The molecule has 2 aliphatic rings. The number of benzene rings is 1. The van der Waals surface area contributed by atoms with Gasteiger partial charge in [-0.25, -0.2) is 4.79 Å². The Balaban J connectivity index is 1.47. The van der Waals surface area contributed by atoms with Crippen molar-refractivity contribution in [3.05, 3.63) is 51.2 Å². The summed E-state index contributed by atoms with van der Waals surface area (Å²) >= 11 is 7.69. The monoisotopic (exact) mass is 461 g/mol.